The lowest BCUT2D eigenvalue weighted by Crippen LogP contribution is -2.67. The fraction of sp³-hybridized carbons (Fsp3) is 0.600. The second kappa shape index (κ2) is 27.3. The zero-order chi connectivity index (χ0) is 45.5. The number of hydrogen-bond acceptors (Lipinski definition) is 17. The van der Waals surface area contributed by atoms with E-state index in [1.54, 1.807) is 44.2 Å². The molecule has 61 heavy (non-hydrogen) atoms. The molecule has 0 saturated carbocycles. The number of methoxy groups -OCH3 is 1. The Morgan fingerprint density at radius 3 is 2.02 bits per heavy atom. The van der Waals surface area contributed by atoms with Crippen molar-refractivity contribution in [2.75, 3.05) is 53.4 Å². The quantitative estimate of drug-likeness (QED) is 0.0437. The van der Waals surface area contributed by atoms with E-state index in [1.807, 2.05) is 0 Å². The molecular formula is C40H58N4O17. The Balaban J connectivity index is 2.42. The minimum atomic E-state index is -1.64. The summed E-state index contributed by atoms with van der Waals surface area (Å²) in [4.78, 5) is 103. The molecule has 1 aromatic rings. The first-order chi connectivity index (χ1) is 29.0. The third-order valence-electron chi connectivity index (χ3n) is 8.47. The Morgan fingerprint density at radius 1 is 0.770 bits per heavy atom. The molecule has 1 fully saturated rings. The normalized spacial score (nSPS) is 19.8. The third-order valence-corrected chi connectivity index (χ3v) is 8.47. The van der Waals surface area contributed by atoms with E-state index in [1.165, 1.54) is 13.2 Å². The summed E-state index contributed by atoms with van der Waals surface area (Å²) >= 11 is 0. The number of esters is 4. The SMILES string of the molecule is C=CCOC(=O)N[C@@H](CO[C@H]1O[C@H](COC(C)=O)[C@H](OC(C)=O)[C@H](OC(C)=O)[C@H]1NC(C)=O)C(=O)N[C@H](C(=O)N[C@@H](Cc1ccccc1)C(=O)OCCOCCOC)C(C)C. The zero-order valence-corrected chi connectivity index (χ0v) is 35.5. The maximum Gasteiger partial charge on any atom is 0.408 e. The van der Waals surface area contributed by atoms with Gasteiger partial charge in [-0.15, -0.1) is 0 Å². The molecule has 340 valence electrons. The summed E-state index contributed by atoms with van der Waals surface area (Å²) in [6.45, 7) is 10.3. The summed E-state index contributed by atoms with van der Waals surface area (Å²) in [5.41, 5.74) is 0.707. The van der Waals surface area contributed by atoms with E-state index < -0.39 is 116 Å². The first-order valence-corrected chi connectivity index (χ1v) is 19.4. The highest BCUT2D eigenvalue weighted by atomic mass is 16.7. The van der Waals surface area contributed by atoms with Gasteiger partial charge in [-0.05, 0) is 11.5 Å². The highest BCUT2D eigenvalue weighted by molar-refractivity contribution is 5.93. The van der Waals surface area contributed by atoms with Crippen molar-refractivity contribution in [1.29, 1.82) is 0 Å². The standard InChI is InChI=1S/C40H58N4O17/c1-9-15-56-40(52)43-30(21-58-39-33(41-24(4)45)35(60-27(7)48)34(59-26(6)47)31(61-39)22-57-25(5)46)36(49)44-32(23(2)3)37(50)42-29(20-28-13-11-10-12-14-28)38(51)55-19-18-54-17-16-53-8/h9-14,23,29-35,39H,1,15-22H2,2-8H3,(H,41,45)(H,42,50)(H,43,52)(H,44,49)/t29-,30-,31+,32-,33+,34-,35+,39-/m0/s1. The number of rotatable bonds is 25. The van der Waals surface area contributed by atoms with Gasteiger partial charge in [-0.2, -0.15) is 0 Å². The Hall–Kier alpha value is -5.64. The van der Waals surface area contributed by atoms with Crippen molar-refractivity contribution in [3.63, 3.8) is 0 Å². The Bertz CT molecular complexity index is 1630. The van der Waals surface area contributed by atoms with Crippen LogP contribution in [0.1, 0.15) is 47.1 Å². The van der Waals surface area contributed by atoms with E-state index >= 15 is 0 Å². The summed E-state index contributed by atoms with van der Waals surface area (Å²) in [5.74, 6) is -6.13. The molecular weight excluding hydrogens is 808 g/mol. The average molecular weight is 867 g/mol. The second-order valence-electron chi connectivity index (χ2n) is 13.9. The lowest BCUT2D eigenvalue weighted by molar-refractivity contribution is -0.278. The highest BCUT2D eigenvalue weighted by Crippen LogP contribution is 2.28. The monoisotopic (exact) mass is 866 g/mol. The van der Waals surface area contributed by atoms with Gasteiger partial charge in [0.25, 0.3) is 0 Å². The minimum Gasteiger partial charge on any atom is -0.463 e. The van der Waals surface area contributed by atoms with Crippen molar-refractivity contribution >= 4 is 47.7 Å². The number of carbonyl (C=O) groups is 8. The van der Waals surface area contributed by atoms with Crippen LogP contribution in [-0.2, 0) is 82.6 Å². The lowest BCUT2D eigenvalue weighted by Gasteiger charge is -2.45. The second-order valence-corrected chi connectivity index (χ2v) is 13.9. The van der Waals surface area contributed by atoms with Crippen LogP contribution in [0.4, 0.5) is 4.79 Å². The fourth-order valence-corrected chi connectivity index (χ4v) is 5.77. The molecule has 1 aliphatic heterocycles. The molecule has 0 unspecified atom stereocenters. The van der Waals surface area contributed by atoms with E-state index in [0.717, 1.165) is 27.7 Å². The summed E-state index contributed by atoms with van der Waals surface area (Å²) in [7, 11) is 1.52. The zero-order valence-electron chi connectivity index (χ0n) is 35.5. The lowest BCUT2D eigenvalue weighted by atomic mass is 9.96. The summed E-state index contributed by atoms with van der Waals surface area (Å²) in [6.07, 6.45) is -5.61. The average Bonchev–Trinajstić information content (AvgIpc) is 3.19. The van der Waals surface area contributed by atoms with Gasteiger partial charge < -0.3 is 63.9 Å². The molecule has 0 radical (unpaired) electrons. The topological polar surface area (TPSA) is 268 Å². The Kier molecular flexibility index (Phi) is 23.0. The molecule has 1 aliphatic rings. The van der Waals surface area contributed by atoms with Crippen LogP contribution in [0.15, 0.2) is 43.0 Å². The Morgan fingerprint density at radius 2 is 1.43 bits per heavy atom. The molecule has 4 amide bonds. The third kappa shape index (κ3) is 19.1. The number of ether oxygens (including phenoxy) is 9. The predicted molar refractivity (Wildman–Crippen MR) is 211 cm³/mol. The number of benzene rings is 1. The number of hydrogen-bond donors (Lipinski definition) is 4. The van der Waals surface area contributed by atoms with Crippen LogP contribution in [0.25, 0.3) is 0 Å². The van der Waals surface area contributed by atoms with Crippen molar-refractivity contribution in [3.05, 3.63) is 48.6 Å². The van der Waals surface area contributed by atoms with Crippen molar-refractivity contribution < 1.29 is 81.0 Å². The maximum atomic E-state index is 14.0. The van der Waals surface area contributed by atoms with Crippen LogP contribution in [0.3, 0.4) is 0 Å². The molecule has 0 aliphatic carbocycles. The molecule has 0 spiro atoms. The van der Waals surface area contributed by atoms with Crippen LogP contribution in [0, 0.1) is 5.92 Å². The van der Waals surface area contributed by atoms with E-state index in [-0.39, 0.29) is 32.8 Å². The van der Waals surface area contributed by atoms with Gasteiger partial charge in [0.15, 0.2) is 18.5 Å². The summed E-state index contributed by atoms with van der Waals surface area (Å²) in [5, 5.41) is 10.2. The number of amides is 4. The number of alkyl carbamates (subject to hydrolysis) is 1. The minimum absolute atomic E-state index is 0.0455. The van der Waals surface area contributed by atoms with Gasteiger partial charge in [0.05, 0.1) is 26.4 Å². The smallest absolute Gasteiger partial charge is 0.408 e. The van der Waals surface area contributed by atoms with E-state index in [0.29, 0.717) is 12.2 Å². The highest BCUT2D eigenvalue weighted by Gasteiger charge is 2.51. The van der Waals surface area contributed by atoms with Crippen LogP contribution in [-0.4, -0.2) is 150 Å². The molecule has 2 rings (SSSR count). The largest absolute Gasteiger partial charge is 0.463 e. The predicted octanol–water partition coefficient (Wildman–Crippen LogP) is 0.0144. The number of nitrogens with one attached hydrogen (secondary N) is 4. The van der Waals surface area contributed by atoms with Crippen LogP contribution in [0.5, 0.6) is 0 Å². The Labute approximate surface area is 354 Å². The molecule has 1 aromatic carbocycles. The summed E-state index contributed by atoms with van der Waals surface area (Å²) in [6, 6.07) is 3.33. The van der Waals surface area contributed by atoms with Gasteiger partial charge in [0, 0.05) is 41.2 Å². The van der Waals surface area contributed by atoms with E-state index in [4.69, 9.17) is 42.6 Å². The van der Waals surface area contributed by atoms with Gasteiger partial charge in [0.2, 0.25) is 17.7 Å². The van der Waals surface area contributed by atoms with Gasteiger partial charge in [-0.3, -0.25) is 28.8 Å². The van der Waals surface area contributed by atoms with E-state index in [2.05, 4.69) is 27.8 Å². The van der Waals surface area contributed by atoms with Crippen molar-refractivity contribution in [3.8, 4) is 0 Å². The van der Waals surface area contributed by atoms with Gasteiger partial charge >= 0.3 is 30.0 Å². The van der Waals surface area contributed by atoms with Crippen molar-refractivity contribution in [2.24, 2.45) is 5.92 Å². The first-order valence-electron chi connectivity index (χ1n) is 19.4. The molecule has 1 saturated heterocycles. The van der Waals surface area contributed by atoms with Crippen molar-refractivity contribution in [1.82, 2.24) is 21.3 Å². The molecule has 0 bridgehead atoms. The van der Waals surface area contributed by atoms with Gasteiger partial charge in [0.1, 0.15) is 50.1 Å². The maximum absolute atomic E-state index is 14.0. The van der Waals surface area contributed by atoms with Crippen molar-refractivity contribution in [2.45, 2.75) is 96.7 Å². The molecule has 21 nitrogen and oxygen atoms in total. The van der Waals surface area contributed by atoms with Crippen LogP contribution >= 0.6 is 0 Å². The van der Waals surface area contributed by atoms with Crippen LogP contribution in [0.2, 0.25) is 0 Å². The van der Waals surface area contributed by atoms with E-state index in [9.17, 15) is 38.4 Å². The molecule has 1 heterocycles. The first kappa shape index (κ1) is 51.5. The fourth-order valence-electron chi connectivity index (χ4n) is 5.77. The molecule has 4 N–H and O–H groups in total. The number of carbonyl (C=O) groups excluding carboxylic acids is 8. The van der Waals surface area contributed by atoms with Gasteiger partial charge in [-0.25, -0.2) is 9.59 Å². The summed E-state index contributed by atoms with van der Waals surface area (Å²) < 4.78 is 48.7. The van der Waals surface area contributed by atoms with Gasteiger partial charge in [-0.1, -0.05) is 56.8 Å². The molecule has 0 aromatic heterocycles. The molecule has 8 atom stereocenters. The van der Waals surface area contributed by atoms with Crippen LogP contribution < -0.4 is 21.3 Å². The molecule has 21 heteroatoms.